The fourth-order valence-corrected chi connectivity index (χ4v) is 5.66. The van der Waals surface area contributed by atoms with Crippen molar-refractivity contribution in [2.45, 2.75) is 64.6 Å². The number of likely N-dealkylation sites (tertiary alicyclic amines) is 1. The zero-order chi connectivity index (χ0) is 26.9. The number of aromatic nitrogens is 2. The maximum absolute atomic E-state index is 12.6. The molecule has 2 amide bonds. The molecule has 0 radical (unpaired) electrons. The molecule has 9 heteroatoms. The van der Waals surface area contributed by atoms with E-state index in [1.807, 2.05) is 57.3 Å². The van der Waals surface area contributed by atoms with Gasteiger partial charge < -0.3 is 24.8 Å². The zero-order valence-corrected chi connectivity index (χ0v) is 22.3. The fourth-order valence-electron chi connectivity index (χ4n) is 5.66. The minimum Gasteiger partial charge on any atom is -0.467 e. The van der Waals surface area contributed by atoms with Crippen LogP contribution < -0.4 is 10.5 Å². The Kier molecular flexibility index (Phi) is 7.05. The van der Waals surface area contributed by atoms with Gasteiger partial charge in [-0.05, 0) is 64.0 Å². The second-order valence-corrected chi connectivity index (χ2v) is 11.5. The number of carbonyl (C=O) groups is 2. The number of amides is 2. The molecular formula is C29H36N4O5. The van der Waals surface area contributed by atoms with Crippen LogP contribution in [0.15, 0.2) is 48.8 Å². The Morgan fingerprint density at radius 3 is 2.47 bits per heavy atom. The number of benzene rings is 1. The summed E-state index contributed by atoms with van der Waals surface area (Å²) in [4.78, 5) is 26.8. The molecule has 2 aromatic heterocycles. The van der Waals surface area contributed by atoms with E-state index in [0.29, 0.717) is 23.4 Å². The van der Waals surface area contributed by atoms with Crippen molar-refractivity contribution in [3.63, 3.8) is 0 Å². The Hall–Kier alpha value is -3.59. The van der Waals surface area contributed by atoms with Crippen molar-refractivity contribution in [1.29, 1.82) is 0 Å². The molecule has 2 N–H and O–H groups in total. The van der Waals surface area contributed by atoms with Gasteiger partial charge in [-0.3, -0.25) is 4.79 Å². The fraction of sp³-hybridized carbons (Fsp3) is 0.483. The van der Waals surface area contributed by atoms with Gasteiger partial charge in [0, 0.05) is 30.3 Å². The van der Waals surface area contributed by atoms with E-state index in [2.05, 4.69) is 5.10 Å². The standard InChI is InChI=1S/C29H36N4O5/c1-28(2,3)38-27(35)32-17-29(18-32)12-9-21(10-13-29)22-15-31-33-14-11-23(24(25(22)33)26(30)34)37-19-36-16-20-7-5-4-6-8-20/h4-8,11,14-15,21H,9-10,12-13,16-19H2,1-3H3,(H2,30,34). The lowest BCUT2D eigenvalue weighted by Gasteiger charge is -2.53. The normalized spacial score (nSPS) is 17.4. The largest absolute Gasteiger partial charge is 0.467 e. The average molecular weight is 521 g/mol. The van der Waals surface area contributed by atoms with Crippen LogP contribution in [0.3, 0.4) is 0 Å². The number of ether oxygens (including phenoxy) is 3. The van der Waals surface area contributed by atoms with E-state index in [4.69, 9.17) is 19.9 Å². The van der Waals surface area contributed by atoms with Crippen LogP contribution in [0.4, 0.5) is 4.79 Å². The molecule has 3 aromatic rings. The maximum Gasteiger partial charge on any atom is 0.410 e. The topological polar surface area (TPSA) is 108 Å². The predicted molar refractivity (Wildman–Crippen MR) is 142 cm³/mol. The summed E-state index contributed by atoms with van der Waals surface area (Å²) in [6.45, 7) is 7.52. The molecule has 1 aliphatic carbocycles. The summed E-state index contributed by atoms with van der Waals surface area (Å²) in [7, 11) is 0. The quantitative estimate of drug-likeness (QED) is 0.351. The summed E-state index contributed by atoms with van der Waals surface area (Å²) >= 11 is 0. The molecule has 5 rings (SSSR count). The van der Waals surface area contributed by atoms with Crippen LogP contribution >= 0.6 is 0 Å². The van der Waals surface area contributed by atoms with E-state index < -0.39 is 11.5 Å². The van der Waals surface area contributed by atoms with Crippen molar-refractivity contribution in [2.75, 3.05) is 19.9 Å². The minimum atomic E-state index is -0.560. The highest BCUT2D eigenvalue weighted by atomic mass is 16.7. The third-order valence-electron chi connectivity index (χ3n) is 7.52. The molecule has 1 saturated carbocycles. The van der Waals surface area contributed by atoms with Crippen molar-refractivity contribution in [2.24, 2.45) is 11.1 Å². The summed E-state index contributed by atoms with van der Waals surface area (Å²) in [6, 6.07) is 11.5. The first kappa shape index (κ1) is 26.0. The molecule has 1 aliphatic heterocycles. The van der Waals surface area contributed by atoms with Crippen LogP contribution in [-0.4, -0.2) is 52.0 Å². The SMILES string of the molecule is CC(C)(C)OC(=O)N1CC2(CCC(c3cnn4ccc(OCOCc5ccccc5)c(C(N)=O)c34)CC2)C1. The third-order valence-corrected chi connectivity index (χ3v) is 7.52. The van der Waals surface area contributed by atoms with Gasteiger partial charge in [-0.15, -0.1) is 0 Å². The average Bonchev–Trinajstić information content (AvgIpc) is 3.28. The number of primary amides is 1. The van der Waals surface area contributed by atoms with Crippen molar-refractivity contribution < 1.29 is 23.8 Å². The van der Waals surface area contributed by atoms with Crippen molar-refractivity contribution in [3.05, 3.63) is 65.5 Å². The smallest absolute Gasteiger partial charge is 0.410 e. The van der Waals surface area contributed by atoms with Crippen LogP contribution in [0.25, 0.3) is 5.52 Å². The van der Waals surface area contributed by atoms with E-state index in [-0.39, 0.29) is 24.2 Å². The number of nitrogens with zero attached hydrogens (tertiary/aromatic N) is 3. The third kappa shape index (κ3) is 5.48. The van der Waals surface area contributed by atoms with Gasteiger partial charge in [-0.25, -0.2) is 9.31 Å². The van der Waals surface area contributed by atoms with Crippen molar-refractivity contribution in [1.82, 2.24) is 14.5 Å². The van der Waals surface area contributed by atoms with Gasteiger partial charge in [0.2, 0.25) is 0 Å². The van der Waals surface area contributed by atoms with Crippen LogP contribution in [0.2, 0.25) is 0 Å². The molecule has 38 heavy (non-hydrogen) atoms. The second kappa shape index (κ2) is 10.3. The summed E-state index contributed by atoms with van der Waals surface area (Å²) in [5.74, 6) is 0.0742. The van der Waals surface area contributed by atoms with Crippen LogP contribution in [-0.2, 0) is 16.1 Å². The Morgan fingerprint density at radius 1 is 1.11 bits per heavy atom. The number of carbonyl (C=O) groups excluding carboxylic acids is 2. The molecular weight excluding hydrogens is 484 g/mol. The first-order valence-electron chi connectivity index (χ1n) is 13.2. The first-order chi connectivity index (χ1) is 18.1. The van der Waals surface area contributed by atoms with Gasteiger partial charge >= 0.3 is 6.09 Å². The van der Waals surface area contributed by atoms with Gasteiger partial charge in [0.1, 0.15) is 16.9 Å². The highest BCUT2D eigenvalue weighted by Gasteiger charge is 2.48. The van der Waals surface area contributed by atoms with Gasteiger partial charge in [-0.2, -0.15) is 5.10 Å². The molecule has 202 valence electrons. The van der Waals surface area contributed by atoms with Gasteiger partial charge in [-0.1, -0.05) is 30.3 Å². The van der Waals surface area contributed by atoms with Gasteiger partial charge in [0.25, 0.3) is 5.91 Å². The van der Waals surface area contributed by atoms with E-state index in [1.165, 1.54) is 0 Å². The summed E-state index contributed by atoms with van der Waals surface area (Å²) in [5.41, 5.74) is 8.56. The van der Waals surface area contributed by atoms with E-state index in [0.717, 1.165) is 49.9 Å². The molecule has 1 aromatic carbocycles. The summed E-state index contributed by atoms with van der Waals surface area (Å²) < 4.78 is 18.7. The lowest BCUT2D eigenvalue weighted by molar-refractivity contribution is -0.0505. The highest BCUT2D eigenvalue weighted by Crippen LogP contribution is 2.49. The molecule has 3 heterocycles. The van der Waals surface area contributed by atoms with Gasteiger partial charge in [0.15, 0.2) is 6.79 Å². The molecule has 0 unspecified atom stereocenters. The summed E-state index contributed by atoms with van der Waals surface area (Å²) in [5, 5.41) is 4.51. The van der Waals surface area contributed by atoms with Crippen LogP contribution in [0, 0.1) is 5.41 Å². The molecule has 0 bridgehead atoms. The van der Waals surface area contributed by atoms with Gasteiger partial charge in [0.05, 0.1) is 18.3 Å². The predicted octanol–water partition coefficient (Wildman–Crippen LogP) is 4.88. The monoisotopic (exact) mass is 520 g/mol. The van der Waals surface area contributed by atoms with Crippen molar-refractivity contribution >= 4 is 17.5 Å². The maximum atomic E-state index is 12.6. The lowest BCUT2D eigenvalue weighted by Crippen LogP contribution is -2.60. The first-order valence-corrected chi connectivity index (χ1v) is 13.2. The van der Waals surface area contributed by atoms with E-state index in [1.54, 1.807) is 21.7 Å². The Labute approximate surface area is 222 Å². The zero-order valence-electron chi connectivity index (χ0n) is 22.3. The Morgan fingerprint density at radius 2 is 1.82 bits per heavy atom. The Bertz CT molecular complexity index is 1300. The number of nitrogens with two attached hydrogens (primary N) is 1. The van der Waals surface area contributed by atoms with Crippen molar-refractivity contribution in [3.8, 4) is 5.75 Å². The number of rotatable bonds is 7. The highest BCUT2D eigenvalue weighted by molar-refractivity contribution is 6.03. The number of fused-ring (bicyclic) bond motifs is 1. The van der Waals surface area contributed by atoms with E-state index in [9.17, 15) is 9.59 Å². The molecule has 2 fully saturated rings. The molecule has 2 aliphatic rings. The number of hydrogen-bond acceptors (Lipinski definition) is 6. The number of hydrogen-bond donors (Lipinski definition) is 1. The molecule has 1 spiro atoms. The molecule has 0 atom stereocenters. The molecule has 1 saturated heterocycles. The second-order valence-electron chi connectivity index (χ2n) is 11.5. The lowest BCUT2D eigenvalue weighted by atomic mass is 9.65. The van der Waals surface area contributed by atoms with E-state index >= 15 is 0 Å². The van der Waals surface area contributed by atoms with Crippen LogP contribution in [0.5, 0.6) is 5.75 Å². The van der Waals surface area contributed by atoms with Crippen LogP contribution in [0.1, 0.15) is 73.9 Å². The number of pyridine rings is 1. The summed E-state index contributed by atoms with van der Waals surface area (Å²) in [6.07, 6.45) is 7.30. The minimum absolute atomic E-state index is 0.00504. The Balaban J connectivity index is 1.25. The molecule has 9 nitrogen and oxygen atoms in total.